The van der Waals surface area contributed by atoms with E-state index in [0.717, 1.165) is 19.4 Å². The molecule has 2 saturated heterocycles. The Morgan fingerprint density at radius 1 is 1.24 bits per heavy atom. The van der Waals surface area contributed by atoms with Crippen molar-refractivity contribution in [2.45, 2.75) is 31.4 Å². The van der Waals surface area contributed by atoms with Crippen molar-refractivity contribution < 1.29 is 18.7 Å². The van der Waals surface area contributed by atoms with Crippen molar-refractivity contribution >= 4 is 11.8 Å². The van der Waals surface area contributed by atoms with Crippen LogP contribution in [0.2, 0.25) is 0 Å². The average molecular weight is 349 g/mol. The molecule has 1 atom stereocenters. The number of nitrogens with zero attached hydrogens (tertiary/aromatic N) is 2. The Hall–Kier alpha value is -2.15. The molecule has 1 N–H and O–H groups in total. The average Bonchev–Trinajstić information content (AvgIpc) is 2.61. The van der Waals surface area contributed by atoms with Gasteiger partial charge in [-0.3, -0.25) is 14.5 Å². The van der Waals surface area contributed by atoms with Crippen molar-refractivity contribution in [1.29, 1.82) is 0 Å². The van der Waals surface area contributed by atoms with Crippen molar-refractivity contribution in [3.8, 4) is 5.75 Å². The van der Waals surface area contributed by atoms with Gasteiger partial charge in [0, 0.05) is 39.0 Å². The van der Waals surface area contributed by atoms with Gasteiger partial charge in [-0.25, -0.2) is 4.39 Å². The van der Waals surface area contributed by atoms with Gasteiger partial charge in [0.2, 0.25) is 11.8 Å². The molecule has 0 saturated carbocycles. The van der Waals surface area contributed by atoms with E-state index in [1.165, 1.54) is 12.1 Å². The number of likely N-dealkylation sites (N-methyl/N-ethyl adjacent to an activating group) is 1. The van der Waals surface area contributed by atoms with E-state index < -0.39 is 0 Å². The molecule has 136 valence electrons. The third-order valence-corrected chi connectivity index (χ3v) is 4.88. The quantitative estimate of drug-likeness (QED) is 0.882. The minimum absolute atomic E-state index is 0.00846. The van der Waals surface area contributed by atoms with Gasteiger partial charge >= 0.3 is 0 Å². The SMILES string of the molecule is CN1CCNC(=O)[C@@H]1CC(=O)N1CCC(Oc2ccc(F)cc2)CC1. The van der Waals surface area contributed by atoms with Crippen LogP contribution in [-0.2, 0) is 9.59 Å². The summed E-state index contributed by atoms with van der Waals surface area (Å²) in [6.07, 6.45) is 1.70. The van der Waals surface area contributed by atoms with Crippen molar-refractivity contribution in [1.82, 2.24) is 15.1 Å². The number of nitrogens with one attached hydrogen (secondary N) is 1. The zero-order valence-electron chi connectivity index (χ0n) is 14.4. The van der Waals surface area contributed by atoms with Gasteiger partial charge in [-0.15, -0.1) is 0 Å². The van der Waals surface area contributed by atoms with Gasteiger partial charge in [0.25, 0.3) is 0 Å². The third kappa shape index (κ3) is 4.48. The van der Waals surface area contributed by atoms with Crippen LogP contribution < -0.4 is 10.1 Å². The highest BCUT2D eigenvalue weighted by Crippen LogP contribution is 2.20. The van der Waals surface area contributed by atoms with Gasteiger partial charge in [0.15, 0.2) is 0 Å². The standard InChI is InChI=1S/C18H24FN3O3/c1-21-11-8-20-18(24)16(21)12-17(23)22-9-6-15(7-10-22)25-14-4-2-13(19)3-5-14/h2-5,15-16H,6-12H2,1H3,(H,20,24)/t16-/m0/s1. The number of rotatable bonds is 4. The predicted molar refractivity (Wildman–Crippen MR) is 90.7 cm³/mol. The number of halogens is 1. The number of hydrogen-bond donors (Lipinski definition) is 1. The fourth-order valence-electron chi connectivity index (χ4n) is 3.30. The Kier molecular flexibility index (Phi) is 5.53. The zero-order valence-corrected chi connectivity index (χ0v) is 14.4. The van der Waals surface area contributed by atoms with Crippen molar-refractivity contribution in [2.75, 3.05) is 33.2 Å². The molecule has 0 aliphatic carbocycles. The largest absolute Gasteiger partial charge is 0.490 e. The van der Waals surface area contributed by atoms with Crippen LogP contribution in [-0.4, -0.2) is 67.0 Å². The molecular weight excluding hydrogens is 325 g/mol. The fraction of sp³-hybridized carbons (Fsp3) is 0.556. The smallest absolute Gasteiger partial charge is 0.237 e. The second-order valence-corrected chi connectivity index (χ2v) is 6.64. The molecular formula is C18H24FN3O3. The van der Waals surface area contributed by atoms with Crippen LogP contribution in [0.4, 0.5) is 4.39 Å². The Morgan fingerprint density at radius 2 is 1.92 bits per heavy atom. The maximum atomic E-state index is 12.9. The van der Waals surface area contributed by atoms with Crippen molar-refractivity contribution in [2.24, 2.45) is 0 Å². The van der Waals surface area contributed by atoms with Crippen LogP contribution in [0.3, 0.4) is 0 Å². The van der Waals surface area contributed by atoms with Crippen molar-refractivity contribution in [3.05, 3.63) is 30.1 Å². The number of piperidine rings is 1. The summed E-state index contributed by atoms with van der Waals surface area (Å²) >= 11 is 0. The number of benzene rings is 1. The van der Waals surface area contributed by atoms with Gasteiger partial charge in [-0.1, -0.05) is 0 Å². The second-order valence-electron chi connectivity index (χ2n) is 6.64. The number of ether oxygens (including phenoxy) is 1. The van der Waals surface area contributed by atoms with Crippen LogP contribution in [0.15, 0.2) is 24.3 Å². The molecule has 0 spiro atoms. The molecule has 3 rings (SSSR count). The number of amides is 2. The fourth-order valence-corrected chi connectivity index (χ4v) is 3.30. The highest BCUT2D eigenvalue weighted by atomic mass is 19.1. The summed E-state index contributed by atoms with van der Waals surface area (Å²) in [6.45, 7) is 2.62. The number of piperazine rings is 1. The molecule has 2 heterocycles. The molecule has 2 amide bonds. The molecule has 0 unspecified atom stereocenters. The summed E-state index contributed by atoms with van der Waals surface area (Å²) in [4.78, 5) is 28.2. The highest BCUT2D eigenvalue weighted by Gasteiger charge is 2.32. The topological polar surface area (TPSA) is 61.9 Å². The van der Waals surface area contributed by atoms with Gasteiger partial charge in [0.1, 0.15) is 17.7 Å². The third-order valence-electron chi connectivity index (χ3n) is 4.88. The first-order valence-electron chi connectivity index (χ1n) is 8.71. The Bertz CT molecular complexity index is 614. The Balaban J connectivity index is 1.47. The van der Waals surface area contributed by atoms with E-state index >= 15 is 0 Å². The van der Waals surface area contributed by atoms with E-state index in [0.29, 0.717) is 25.4 Å². The van der Waals surface area contributed by atoms with Crippen LogP contribution in [0.1, 0.15) is 19.3 Å². The van der Waals surface area contributed by atoms with Gasteiger partial charge < -0.3 is 15.0 Å². The first-order chi connectivity index (χ1) is 12.0. The maximum Gasteiger partial charge on any atom is 0.237 e. The molecule has 6 nitrogen and oxygen atoms in total. The Morgan fingerprint density at radius 3 is 2.56 bits per heavy atom. The van der Waals surface area contributed by atoms with Gasteiger partial charge in [0.05, 0.1) is 12.5 Å². The lowest BCUT2D eigenvalue weighted by Crippen LogP contribution is -2.55. The zero-order chi connectivity index (χ0) is 17.8. The second kappa shape index (κ2) is 7.82. The van der Waals surface area contributed by atoms with E-state index in [-0.39, 0.29) is 36.2 Å². The van der Waals surface area contributed by atoms with Crippen molar-refractivity contribution in [3.63, 3.8) is 0 Å². The lowest BCUT2D eigenvalue weighted by molar-refractivity contribution is -0.139. The summed E-state index contributed by atoms with van der Waals surface area (Å²) in [5, 5.41) is 2.81. The maximum absolute atomic E-state index is 12.9. The highest BCUT2D eigenvalue weighted by molar-refractivity contribution is 5.88. The number of carbonyl (C=O) groups is 2. The van der Waals surface area contributed by atoms with Gasteiger partial charge in [-0.05, 0) is 31.3 Å². The summed E-state index contributed by atoms with van der Waals surface area (Å²) in [5.41, 5.74) is 0. The van der Waals surface area contributed by atoms with Crippen LogP contribution in [0.5, 0.6) is 5.75 Å². The monoisotopic (exact) mass is 349 g/mol. The van der Waals surface area contributed by atoms with Gasteiger partial charge in [-0.2, -0.15) is 0 Å². The molecule has 1 aromatic carbocycles. The van der Waals surface area contributed by atoms with Crippen LogP contribution in [0.25, 0.3) is 0 Å². The molecule has 7 heteroatoms. The summed E-state index contributed by atoms with van der Waals surface area (Å²) < 4.78 is 18.8. The van der Waals surface area contributed by atoms with E-state index in [9.17, 15) is 14.0 Å². The molecule has 2 aliphatic rings. The van der Waals surface area contributed by atoms with Crippen LogP contribution in [0, 0.1) is 5.82 Å². The molecule has 2 fully saturated rings. The van der Waals surface area contributed by atoms with E-state index in [1.807, 2.05) is 11.9 Å². The predicted octanol–water partition coefficient (Wildman–Crippen LogP) is 1.02. The summed E-state index contributed by atoms with van der Waals surface area (Å²) in [5.74, 6) is 0.293. The first kappa shape index (κ1) is 17.7. The molecule has 0 radical (unpaired) electrons. The van der Waals surface area contributed by atoms with E-state index in [2.05, 4.69) is 5.32 Å². The normalized spacial score (nSPS) is 22.6. The van der Waals surface area contributed by atoms with Crippen LogP contribution >= 0.6 is 0 Å². The molecule has 1 aromatic rings. The molecule has 25 heavy (non-hydrogen) atoms. The minimum atomic E-state index is -0.380. The minimum Gasteiger partial charge on any atom is -0.490 e. The number of hydrogen-bond acceptors (Lipinski definition) is 4. The first-order valence-corrected chi connectivity index (χ1v) is 8.71. The molecule has 0 aromatic heterocycles. The van der Waals surface area contributed by atoms with E-state index in [1.54, 1.807) is 17.0 Å². The summed E-state index contributed by atoms with van der Waals surface area (Å²) in [6, 6.07) is 5.60. The number of carbonyl (C=O) groups excluding carboxylic acids is 2. The number of likely N-dealkylation sites (tertiary alicyclic amines) is 1. The lowest BCUT2D eigenvalue weighted by atomic mass is 10.0. The lowest BCUT2D eigenvalue weighted by Gasteiger charge is -2.35. The molecule has 2 aliphatic heterocycles. The Labute approximate surface area is 146 Å². The molecule has 0 bridgehead atoms. The summed E-state index contributed by atoms with van der Waals surface area (Å²) in [7, 11) is 1.87. The van der Waals surface area contributed by atoms with E-state index in [4.69, 9.17) is 4.74 Å².